The molecule has 0 radical (unpaired) electrons. The SMILES string of the molecule is Cn1cc(-c2ccc(CNC(=O)OC3CCN(c4nccs4)C3)cn2)cn1. The van der Waals surface area contributed by atoms with Crippen LogP contribution in [0.3, 0.4) is 0 Å². The highest BCUT2D eigenvalue weighted by molar-refractivity contribution is 7.13. The van der Waals surface area contributed by atoms with Crippen LogP contribution in [0.1, 0.15) is 12.0 Å². The number of rotatable bonds is 5. The van der Waals surface area contributed by atoms with Crippen molar-refractivity contribution in [3.8, 4) is 11.3 Å². The van der Waals surface area contributed by atoms with Crippen LogP contribution in [0.25, 0.3) is 11.3 Å². The number of alkyl carbamates (subject to hydrolysis) is 1. The number of amides is 1. The van der Waals surface area contributed by atoms with Crippen molar-refractivity contribution in [1.29, 1.82) is 0 Å². The number of anilines is 1. The molecule has 1 atom stereocenters. The van der Waals surface area contributed by atoms with Gasteiger partial charge in [0.25, 0.3) is 0 Å². The highest BCUT2D eigenvalue weighted by atomic mass is 32.1. The lowest BCUT2D eigenvalue weighted by Crippen LogP contribution is -2.30. The summed E-state index contributed by atoms with van der Waals surface area (Å²) in [5, 5.41) is 9.85. The molecule has 9 heteroatoms. The van der Waals surface area contributed by atoms with Gasteiger partial charge in [-0.05, 0) is 11.6 Å². The molecule has 0 bridgehead atoms. The molecular weight excluding hydrogens is 364 g/mol. The summed E-state index contributed by atoms with van der Waals surface area (Å²) in [6, 6.07) is 3.86. The van der Waals surface area contributed by atoms with Crippen LogP contribution in [0.15, 0.2) is 42.3 Å². The summed E-state index contributed by atoms with van der Waals surface area (Å²) in [4.78, 5) is 22.9. The molecule has 1 aliphatic heterocycles. The fraction of sp³-hybridized carbons (Fsp3) is 0.333. The van der Waals surface area contributed by atoms with Crippen LogP contribution in [-0.4, -0.2) is 45.0 Å². The minimum atomic E-state index is -0.405. The molecule has 3 aromatic rings. The van der Waals surface area contributed by atoms with Gasteiger partial charge in [-0.2, -0.15) is 5.10 Å². The van der Waals surface area contributed by atoms with Gasteiger partial charge in [-0.25, -0.2) is 9.78 Å². The highest BCUT2D eigenvalue weighted by Gasteiger charge is 2.26. The van der Waals surface area contributed by atoms with E-state index < -0.39 is 6.09 Å². The zero-order chi connectivity index (χ0) is 18.6. The number of nitrogens with zero attached hydrogens (tertiary/aromatic N) is 5. The van der Waals surface area contributed by atoms with Crippen LogP contribution in [-0.2, 0) is 18.3 Å². The minimum absolute atomic E-state index is 0.111. The smallest absolute Gasteiger partial charge is 0.407 e. The predicted octanol–water partition coefficient (Wildman–Crippen LogP) is 2.44. The molecule has 0 saturated carbocycles. The summed E-state index contributed by atoms with van der Waals surface area (Å²) in [6.07, 6.45) is 7.52. The van der Waals surface area contributed by atoms with Gasteiger partial charge in [0.1, 0.15) is 6.10 Å². The maximum atomic E-state index is 12.1. The Hall–Kier alpha value is -2.94. The number of carbonyl (C=O) groups is 1. The maximum Gasteiger partial charge on any atom is 0.407 e. The fourth-order valence-electron chi connectivity index (χ4n) is 2.99. The quantitative estimate of drug-likeness (QED) is 0.727. The van der Waals surface area contributed by atoms with E-state index in [1.54, 1.807) is 34.6 Å². The van der Waals surface area contributed by atoms with Crippen molar-refractivity contribution in [3.05, 3.63) is 47.9 Å². The lowest BCUT2D eigenvalue weighted by Gasteiger charge is -2.15. The van der Waals surface area contributed by atoms with Crippen LogP contribution in [0.5, 0.6) is 0 Å². The molecule has 3 aromatic heterocycles. The first-order chi connectivity index (χ1) is 13.2. The summed E-state index contributed by atoms with van der Waals surface area (Å²) in [7, 11) is 1.87. The number of nitrogens with one attached hydrogen (secondary N) is 1. The van der Waals surface area contributed by atoms with Gasteiger partial charge in [0.05, 0.1) is 18.4 Å². The molecule has 1 fully saturated rings. The maximum absolute atomic E-state index is 12.1. The molecule has 0 spiro atoms. The topological polar surface area (TPSA) is 85.2 Å². The first kappa shape index (κ1) is 17.5. The van der Waals surface area contributed by atoms with Crippen LogP contribution >= 0.6 is 11.3 Å². The number of aromatic nitrogens is 4. The Kier molecular flexibility index (Phi) is 5.01. The molecular formula is C18H20N6O2S. The summed E-state index contributed by atoms with van der Waals surface area (Å²) in [5.41, 5.74) is 2.72. The van der Waals surface area contributed by atoms with Gasteiger partial charge in [0, 0.05) is 56.1 Å². The average Bonchev–Trinajstić information content (AvgIpc) is 3.42. The normalized spacial score (nSPS) is 16.5. The van der Waals surface area contributed by atoms with Crippen LogP contribution in [0.2, 0.25) is 0 Å². The van der Waals surface area contributed by atoms with E-state index in [0.29, 0.717) is 13.1 Å². The molecule has 1 N–H and O–H groups in total. The van der Waals surface area contributed by atoms with Crippen molar-refractivity contribution < 1.29 is 9.53 Å². The van der Waals surface area contributed by atoms with Crippen molar-refractivity contribution in [2.45, 2.75) is 19.1 Å². The second-order valence-electron chi connectivity index (χ2n) is 6.38. The van der Waals surface area contributed by atoms with Crippen molar-refractivity contribution in [2.24, 2.45) is 7.05 Å². The van der Waals surface area contributed by atoms with Crippen LogP contribution in [0, 0.1) is 0 Å². The van der Waals surface area contributed by atoms with E-state index in [2.05, 4.69) is 25.3 Å². The molecule has 4 heterocycles. The first-order valence-electron chi connectivity index (χ1n) is 8.70. The van der Waals surface area contributed by atoms with Crippen LogP contribution in [0.4, 0.5) is 9.93 Å². The molecule has 1 amide bonds. The predicted molar refractivity (Wildman–Crippen MR) is 102 cm³/mol. The lowest BCUT2D eigenvalue weighted by molar-refractivity contribution is 0.108. The Balaban J connectivity index is 1.25. The molecule has 140 valence electrons. The first-order valence-corrected chi connectivity index (χ1v) is 9.58. The minimum Gasteiger partial charge on any atom is -0.444 e. The molecule has 1 saturated heterocycles. The summed E-state index contributed by atoms with van der Waals surface area (Å²) < 4.78 is 7.25. The van der Waals surface area contributed by atoms with Gasteiger partial charge in [-0.3, -0.25) is 9.67 Å². The number of pyridine rings is 1. The van der Waals surface area contributed by atoms with Gasteiger partial charge in [-0.1, -0.05) is 6.07 Å². The van der Waals surface area contributed by atoms with Crippen molar-refractivity contribution >= 4 is 22.6 Å². The van der Waals surface area contributed by atoms with Gasteiger partial charge >= 0.3 is 6.09 Å². The standard InChI is InChI=1S/C18H20N6O2S/c1-23-11-14(10-22-23)16-3-2-13(8-20-16)9-21-18(25)26-15-4-6-24(12-15)17-19-5-7-27-17/h2-3,5,7-8,10-11,15H,4,6,9,12H2,1H3,(H,21,25). The van der Waals surface area contributed by atoms with Gasteiger partial charge in [0.15, 0.2) is 5.13 Å². The number of aryl methyl sites for hydroxylation is 1. The second-order valence-corrected chi connectivity index (χ2v) is 7.26. The largest absolute Gasteiger partial charge is 0.444 e. The molecule has 1 aliphatic rings. The zero-order valence-corrected chi connectivity index (χ0v) is 15.7. The molecule has 8 nitrogen and oxygen atoms in total. The Morgan fingerprint density at radius 3 is 3.00 bits per heavy atom. The summed E-state index contributed by atoms with van der Waals surface area (Å²) >= 11 is 1.60. The number of thiazole rings is 1. The Morgan fingerprint density at radius 2 is 2.30 bits per heavy atom. The van der Waals surface area contributed by atoms with Crippen molar-refractivity contribution in [1.82, 2.24) is 25.1 Å². The van der Waals surface area contributed by atoms with E-state index in [1.165, 1.54) is 0 Å². The van der Waals surface area contributed by atoms with E-state index in [0.717, 1.165) is 34.9 Å². The van der Waals surface area contributed by atoms with Gasteiger partial charge in [-0.15, -0.1) is 11.3 Å². The van der Waals surface area contributed by atoms with E-state index in [-0.39, 0.29) is 6.10 Å². The average molecular weight is 384 g/mol. The molecule has 0 aromatic carbocycles. The Morgan fingerprint density at radius 1 is 1.37 bits per heavy atom. The van der Waals surface area contributed by atoms with Gasteiger partial charge in [0.2, 0.25) is 0 Å². The Labute approximate surface area is 160 Å². The third-order valence-corrected chi connectivity index (χ3v) is 5.20. The van der Waals surface area contributed by atoms with Crippen molar-refractivity contribution in [3.63, 3.8) is 0 Å². The van der Waals surface area contributed by atoms with E-state index in [9.17, 15) is 4.79 Å². The number of carbonyl (C=O) groups excluding carboxylic acids is 1. The third kappa shape index (κ3) is 4.25. The molecule has 0 aliphatic carbocycles. The number of hydrogen-bond acceptors (Lipinski definition) is 7. The Bertz CT molecular complexity index is 893. The lowest BCUT2D eigenvalue weighted by atomic mass is 10.2. The van der Waals surface area contributed by atoms with Gasteiger partial charge < -0.3 is 15.0 Å². The molecule has 4 rings (SSSR count). The van der Waals surface area contributed by atoms with Crippen molar-refractivity contribution in [2.75, 3.05) is 18.0 Å². The van der Waals surface area contributed by atoms with E-state index in [4.69, 9.17) is 4.74 Å². The number of hydrogen-bond donors (Lipinski definition) is 1. The van der Waals surface area contributed by atoms with E-state index >= 15 is 0 Å². The summed E-state index contributed by atoms with van der Waals surface area (Å²) in [6.45, 7) is 1.91. The molecule has 27 heavy (non-hydrogen) atoms. The highest BCUT2D eigenvalue weighted by Crippen LogP contribution is 2.23. The summed E-state index contributed by atoms with van der Waals surface area (Å²) in [5.74, 6) is 0. The van der Waals surface area contributed by atoms with Crippen LogP contribution < -0.4 is 10.2 Å². The third-order valence-electron chi connectivity index (χ3n) is 4.37. The fourth-order valence-corrected chi connectivity index (χ4v) is 3.67. The zero-order valence-electron chi connectivity index (χ0n) is 14.9. The monoisotopic (exact) mass is 384 g/mol. The second kappa shape index (κ2) is 7.75. The number of ether oxygens (including phenoxy) is 1. The van der Waals surface area contributed by atoms with E-state index in [1.807, 2.05) is 30.8 Å². The molecule has 1 unspecified atom stereocenters.